The summed E-state index contributed by atoms with van der Waals surface area (Å²) >= 11 is 0. The number of nitrogens with zero attached hydrogens (tertiary/aromatic N) is 3. The van der Waals surface area contributed by atoms with Crippen molar-refractivity contribution in [1.29, 1.82) is 0 Å². The maximum atomic E-state index is 12.8. The van der Waals surface area contributed by atoms with E-state index in [0.29, 0.717) is 51.8 Å². The molecule has 7 nitrogen and oxygen atoms in total. The second kappa shape index (κ2) is 8.26. The first-order chi connectivity index (χ1) is 10.7. The van der Waals surface area contributed by atoms with Crippen LogP contribution in [0.3, 0.4) is 0 Å². The van der Waals surface area contributed by atoms with Gasteiger partial charge in [0.25, 0.3) is 5.91 Å². The van der Waals surface area contributed by atoms with Gasteiger partial charge in [-0.1, -0.05) is 0 Å². The number of carbonyl (C=O) groups excluding carboxylic acids is 1. The van der Waals surface area contributed by atoms with Crippen molar-refractivity contribution in [2.24, 2.45) is 5.92 Å². The summed E-state index contributed by atoms with van der Waals surface area (Å²) in [5.74, 6) is -0.103. The zero-order valence-electron chi connectivity index (χ0n) is 13.3. The molecule has 1 atom stereocenters. The van der Waals surface area contributed by atoms with Crippen LogP contribution in [0.25, 0.3) is 0 Å². The average molecular weight is 311 g/mol. The summed E-state index contributed by atoms with van der Waals surface area (Å²) in [6.45, 7) is 7.57. The quantitative estimate of drug-likeness (QED) is 0.765. The Labute approximate surface area is 130 Å². The van der Waals surface area contributed by atoms with Gasteiger partial charge < -0.3 is 19.5 Å². The van der Waals surface area contributed by atoms with Crippen molar-refractivity contribution in [1.82, 2.24) is 14.7 Å². The molecule has 0 saturated carbocycles. The molecule has 1 aliphatic heterocycles. The largest absolute Gasteiger partial charge is 0.396 e. The van der Waals surface area contributed by atoms with Crippen molar-refractivity contribution < 1.29 is 19.4 Å². The van der Waals surface area contributed by atoms with Crippen LogP contribution < -0.4 is 0 Å². The van der Waals surface area contributed by atoms with Crippen LogP contribution in [0.15, 0.2) is 6.07 Å². The Morgan fingerprint density at radius 1 is 1.59 bits per heavy atom. The lowest BCUT2D eigenvalue weighted by atomic mass is 10.1. The van der Waals surface area contributed by atoms with Gasteiger partial charge in [0.2, 0.25) is 0 Å². The van der Waals surface area contributed by atoms with Crippen molar-refractivity contribution in [3.63, 3.8) is 0 Å². The Bertz CT molecular complexity index is 489. The molecule has 124 valence electrons. The topological polar surface area (TPSA) is 76.8 Å². The summed E-state index contributed by atoms with van der Waals surface area (Å²) in [4.78, 5) is 14.5. The van der Waals surface area contributed by atoms with E-state index >= 15 is 0 Å². The highest BCUT2D eigenvalue weighted by atomic mass is 16.5. The van der Waals surface area contributed by atoms with E-state index in [9.17, 15) is 9.90 Å². The standard InChI is InChI=1S/C15H25N3O4/c1-3-21-7-5-18-14(8-12(2)16-18)15(20)17-4-6-22-11-13(9-17)10-19/h8,13,19H,3-7,9-11H2,1-2H3/t13-/m1/s1. The van der Waals surface area contributed by atoms with E-state index in [2.05, 4.69) is 5.10 Å². The molecule has 1 aliphatic rings. The van der Waals surface area contributed by atoms with Crippen LogP contribution in [0.2, 0.25) is 0 Å². The Kier molecular flexibility index (Phi) is 6.35. The number of hydrogen-bond donors (Lipinski definition) is 1. The van der Waals surface area contributed by atoms with Crippen molar-refractivity contribution in [2.45, 2.75) is 20.4 Å². The van der Waals surface area contributed by atoms with E-state index in [-0.39, 0.29) is 18.4 Å². The molecule has 1 N–H and O–H groups in total. The zero-order valence-corrected chi connectivity index (χ0v) is 13.3. The molecule has 22 heavy (non-hydrogen) atoms. The number of hydrogen-bond acceptors (Lipinski definition) is 5. The van der Waals surface area contributed by atoms with E-state index in [1.165, 1.54) is 0 Å². The first kappa shape index (κ1) is 16.9. The van der Waals surface area contributed by atoms with Crippen LogP contribution in [0.4, 0.5) is 0 Å². The van der Waals surface area contributed by atoms with Gasteiger partial charge in [-0.2, -0.15) is 5.10 Å². The molecule has 1 aromatic heterocycles. The van der Waals surface area contributed by atoms with Gasteiger partial charge in [-0.25, -0.2) is 0 Å². The van der Waals surface area contributed by atoms with Gasteiger partial charge in [0.05, 0.1) is 32.1 Å². The van der Waals surface area contributed by atoms with Gasteiger partial charge in [0.15, 0.2) is 0 Å². The highest BCUT2D eigenvalue weighted by Gasteiger charge is 2.25. The summed E-state index contributed by atoms with van der Waals surface area (Å²) in [7, 11) is 0. The minimum absolute atomic E-state index is 0.0202. The lowest BCUT2D eigenvalue weighted by molar-refractivity contribution is 0.0710. The molecular weight excluding hydrogens is 286 g/mol. The predicted octanol–water partition coefficient (Wildman–Crippen LogP) is 0.309. The Hall–Kier alpha value is -1.44. The zero-order chi connectivity index (χ0) is 15.9. The molecule has 7 heteroatoms. The molecule has 1 fully saturated rings. The first-order valence-corrected chi connectivity index (χ1v) is 7.75. The summed E-state index contributed by atoms with van der Waals surface area (Å²) in [5, 5.41) is 13.7. The van der Waals surface area contributed by atoms with E-state index in [1.807, 2.05) is 13.8 Å². The molecule has 2 rings (SSSR count). The molecular formula is C15H25N3O4. The predicted molar refractivity (Wildman–Crippen MR) is 80.8 cm³/mol. The Balaban J connectivity index is 2.10. The number of rotatable bonds is 6. The van der Waals surface area contributed by atoms with E-state index < -0.39 is 0 Å². The van der Waals surface area contributed by atoms with Crippen molar-refractivity contribution >= 4 is 5.91 Å². The van der Waals surface area contributed by atoms with Crippen LogP contribution in [-0.4, -0.2) is 71.8 Å². The van der Waals surface area contributed by atoms with Gasteiger partial charge in [-0.15, -0.1) is 0 Å². The third kappa shape index (κ3) is 4.28. The van der Waals surface area contributed by atoms with Gasteiger partial charge in [0.1, 0.15) is 5.69 Å². The molecule has 1 amide bonds. The van der Waals surface area contributed by atoms with Crippen LogP contribution in [-0.2, 0) is 16.0 Å². The molecule has 0 bridgehead atoms. The Morgan fingerprint density at radius 3 is 3.14 bits per heavy atom. The first-order valence-electron chi connectivity index (χ1n) is 7.75. The summed E-state index contributed by atoms with van der Waals surface area (Å²) in [6, 6.07) is 1.80. The fourth-order valence-electron chi connectivity index (χ4n) is 2.52. The maximum Gasteiger partial charge on any atom is 0.272 e. The molecule has 2 heterocycles. The monoisotopic (exact) mass is 311 g/mol. The third-order valence-corrected chi connectivity index (χ3v) is 3.66. The number of aliphatic hydroxyl groups excluding tert-OH is 1. The number of carbonyl (C=O) groups is 1. The molecule has 1 aromatic rings. The second-order valence-electron chi connectivity index (χ2n) is 5.47. The molecule has 0 radical (unpaired) electrons. The van der Waals surface area contributed by atoms with Crippen LogP contribution in [0.1, 0.15) is 23.1 Å². The average Bonchev–Trinajstić information content (AvgIpc) is 2.74. The number of ether oxygens (including phenoxy) is 2. The summed E-state index contributed by atoms with van der Waals surface area (Å²) < 4.78 is 12.5. The highest BCUT2D eigenvalue weighted by Crippen LogP contribution is 2.13. The molecule has 0 aliphatic carbocycles. The number of amides is 1. The molecule has 0 unspecified atom stereocenters. The minimum Gasteiger partial charge on any atom is -0.396 e. The Morgan fingerprint density at radius 2 is 2.41 bits per heavy atom. The maximum absolute atomic E-state index is 12.8. The molecule has 0 spiro atoms. The van der Waals surface area contributed by atoms with E-state index in [0.717, 1.165) is 5.69 Å². The van der Waals surface area contributed by atoms with Crippen LogP contribution in [0.5, 0.6) is 0 Å². The number of aliphatic hydroxyl groups is 1. The van der Waals surface area contributed by atoms with Gasteiger partial charge in [-0.05, 0) is 19.9 Å². The lowest BCUT2D eigenvalue weighted by Crippen LogP contribution is -2.38. The SMILES string of the molecule is CCOCCn1nc(C)cc1C(=O)N1CCOC[C@@H](CO)C1. The molecule has 1 saturated heterocycles. The van der Waals surface area contributed by atoms with Crippen molar-refractivity contribution in [3.8, 4) is 0 Å². The van der Waals surface area contributed by atoms with E-state index in [4.69, 9.17) is 9.47 Å². The van der Waals surface area contributed by atoms with Crippen molar-refractivity contribution in [2.75, 3.05) is 46.1 Å². The second-order valence-corrected chi connectivity index (χ2v) is 5.47. The van der Waals surface area contributed by atoms with Gasteiger partial charge >= 0.3 is 0 Å². The van der Waals surface area contributed by atoms with Crippen LogP contribution >= 0.6 is 0 Å². The minimum atomic E-state index is -0.0685. The molecule has 0 aromatic carbocycles. The third-order valence-electron chi connectivity index (χ3n) is 3.66. The smallest absolute Gasteiger partial charge is 0.272 e. The summed E-state index contributed by atoms with van der Waals surface area (Å²) in [5.41, 5.74) is 1.38. The lowest BCUT2D eigenvalue weighted by Gasteiger charge is -2.23. The van der Waals surface area contributed by atoms with Gasteiger partial charge in [-0.3, -0.25) is 9.48 Å². The fourth-order valence-corrected chi connectivity index (χ4v) is 2.52. The number of aromatic nitrogens is 2. The van der Waals surface area contributed by atoms with Crippen molar-refractivity contribution in [3.05, 3.63) is 17.5 Å². The summed E-state index contributed by atoms with van der Waals surface area (Å²) in [6.07, 6.45) is 0. The fraction of sp³-hybridized carbons (Fsp3) is 0.733. The van der Waals surface area contributed by atoms with Crippen LogP contribution in [0, 0.1) is 12.8 Å². The van der Waals surface area contributed by atoms with E-state index in [1.54, 1.807) is 15.6 Å². The van der Waals surface area contributed by atoms with Gasteiger partial charge in [0, 0.05) is 32.2 Å². The number of aryl methyl sites for hydroxylation is 1. The highest BCUT2D eigenvalue weighted by molar-refractivity contribution is 5.92. The normalized spacial score (nSPS) is 19.2.